The highest BCUT2D eigenvalue weighted by Gasteiger charge is 2.21. The van der Waals surface area contributed by atoms with E-state index < -0.39 is 0 Å². The third kappa shape index (κ3) is 4.03. The van der Waals surface area contributed by atoms with Crippen molar-refractivity contribution >= 4 is 17.5 Å². The molecule has 0 unspecified atom stereocenters. The van der Waals surface area contributed by atoms with Crippen LogP contribution in [0.5, 0.6) is 5.75 Å². The van der Waals surface area contributed by atoms with Gasteiger partial charge in [0.1, 0.15) is 5.75 Å². The number of benzene rings is 2. The van der Waals surface area contributed by atoms with E-state index in [4.69, 9.17) is 4.74 Å². The molecule has 2 amide bonds. The fraction of sp³-hybridized carbons (Fsp3) is 0.273. The molecule has 0 saturated heterocycles. The van der Waals surface area contributed by atoms with E-state index >= 15 is 0 Å². The molecule has 0 spiro atoms. The number of carbonyl (C=O) groups excluding carboxylic acids is 2. The highest BCUT2D eigenvalue weighted by Crippen LogP contribution is 2.25. The third-order valence-electron chi connectivity index (χ3n) is 4.94. The highest BCUT2D eigenvalue weighted by atomic mass is 16.5. The molecule has 0 aromatic heterocycles. The second-order valence-electron chi connectivity index (χ2n) is 6.61. The molecule has 3 rings (SSSR count). The lowest BCUT2D eigenvalue weighted by molar-refractivity contribution is -0.113. The molecule has 0 fully saturated rings. The maximum atomic E-state index is 13.0. The van der Waals surface area contributed by atoms with Crippen molar-refractivity contribution in [3.8, 4) is 5.75 Å². The number of likely N-dealkylation sites (N-methyl/N-ethyl adjacent to an activating group) is 1. The van der Waals surface area contributed by atoms with Crippen molar-refractivity contribution in [2.45, 2.75) is 19.4 Å². The van der Waals surface area contributed by atoms with Crippen LogP contribution in [0.15, 0.2) is 55.1 Å². The van der Waals surface area contributed by atoms with Crippen molar-refractivity contribution < 1.29 is 14.3 Å². The molecule has 0 N–H and O–H groups in total. The Hall–Kier alpha value is -3.08. The van der Waals surface area contributed by atoms with Crippen molar-refractivity contribution in [1.82, 2.24) is 4.90 Å². The number of aryl methyl sites for hydroxylation is 1. The summed E-state index contributed by atoms with van der Waals surface area (Å²) in [7, 11) is 3.35. The number of nitrogens with zero attached hydrogens (tertiary/aromatic N) is 2. The van der Waals surface area contributed by atoms with Crippen LogP contribution < -0.4 is 9.64 Å². The lowest BCUT2D eigenvalue weighted by atomic mass is 10.0. The summed E-state index contributed by atoms with van der Waals surface area (Å²) in [6, 6.07) is 13.1. The quantitative estimate of drug-likeness (QED) is 0.781. The van der Waals surface area contributed by atoms with Crippen LogP contribution in [0.4, 0.5) is 5.69 Å². The molecule has 140 valence electrons. The first-order valence-electron chi connectivity index (χ1n) is 8.98. The minimum Gasteiger partial charge on any atom is -0.497 e. The molecule has 27 heavy (non-hydrogen) atoms. The smallest absolute Gasteiger partial charge is 0.254 e. The maximum absolute atomic E-state index is 13.0. The Morgan fingerprint density at radius 2 is 1.89 bits per heavy atom. The van der Waals surface area contributed by atoms with E-state index in [1.807, 2.05) is 17.0 Å². The molecule has 1 aliphatic heterocycles. The van der Waals surface area contributed by atoms with Crippen LogP contribution in [0, 0.1) is 0 Å². The van der Waals surface area contributed by atoms with E-state index in [0.29, 0.717) is 18.7 Å². The van der Waals surface area contributed by atoms with Crippen molar-refractivity contribution in [2.75, 3.05) is 25.6 Å². The summed E-state index contributed by atoms with van der Waals surface area (Å²) >= 11 is 0. The van der Waals surface area contributed by atoms with Gasteiger partial charge >= 0.3 is 0 Å². The summed E-state index contributed by atoms with van der Waals surface area (Å²) in [5.74, 6) is 0.666. The number of hydrogen-bond acceptors (Lipinski definition) is 3. The molecule has 0 aliphatic carbocycles. The van der Waals surface area contributed by atoms with Crippen molar-refractivity contribution in [1.29, 1.82) is 0 Å². The van der Waals surface area contributed by atoms with Crippen LogP contribution in [0.25, 0.3) is 0 Å². The van der Waals surface area contributed by atoms with Gasteiger partial charge in [0.05, 0.1) is 7.11 Å². The van der Waals surface area contributed by atoms with Gasteiger partial charge in [-0.15, -0.1) is 0 Å². The summed E-state index contributed by atoms with van der Waals surface area (Å²) in [6.07, 6.45) is 3.12. The van der Waals surface area contributed by atoms with Gasteiger partial charge in [-0.2, -0.15) is 0 Å². The van der Waals surface area contributed by atoms with E-state index in [-0.39, 0.29) is 11.8 Å². The average molecular weight is 364 g/mol. The SMILES string of the molecule is C=CC(=O)N(C)c1ccc(C(=O)N2CCCc3cc(OC)ccc3C2)cc1. The molecule has 5 heteroatoms. The van der Waals surface area contributed by atoms with Gasteiger partial charge in [0.2, 0.25) is 5.91 Å². The van der Waals surface area contributed by atoms with Crippen molar-refractivity contribution in [3.63, 3.8) is 0 Å². The van der Waals surface area contributed by atoms with E-state index in [1.165, 1.54) is 16.5 Å². The van der Waals surface area contributed by atoms with Gasteiger partial charge in [-0.25, -0.2) is 0 Å². The molecule has 0 saturated carbocycles. The molecule has 1 aliphatic rings. The number of ether oxygens (including phenoxy) is 1. The molecule has 0 bridgehead atoms. The zero-order valence-corrected chi connectivity index (χ0v) is 15.8. The minimum absolute atomic E-state index is 0.00270. The summed E-state index contributed by atoms with van der Waals surface area (Å²) in [4.78, 5) is 28.0. The monoisotopic (exact) mass is 364 g/mol. The topological polar surface area (TPSA) is 49.9 Å². The number of hydrogen-bond donors (Lipinski definition) is 0. The van der Waals surface area contributed by atoms with E-state index in [9.17, 15) is 9.59 Å². The van der Waals surface area contributed by atoms with Crippen LogP contribution in [-0.2, 0) is 17.8 Å². The summed E-state index contributed by atoms with van der Waals surface area (Å²) in [5, 5.41) is 0. The number of anilines is 1. The molecular formula is C22H24N2O3. The van der Waals surface area contributed by atoms with Gasteiger partial charge in [0.15, 0.2) is 0 Å². The molecule has 0 atom stereocenters. The Balaban J connectivity index is 1.77. The fourth-order valence-electron chi connectivity index (χ4n) is 3.31. The maximum Gasteiger partial charge on any atom is 0.254 e. The van der Waals surface area contributed by atoms with Gasteiger partial charge in [-0.1, -0.05) is 12.6 Å². The predicted octanol–water partition coefficient (Wildman–Crippen LogP) is 3.43. The van der Waals surface area contributed by atoms with Crippen molar-refractivity contribution in [2.24, 2.45) is 0 Å². The third-order valence-corrected chi connectivity index (χ3v) is 4.94. The van der Waals surface area contributed by atoms with Crippen LogP contribution >= 0.6 is 0 Å². The van der Waals surface area contributed by atoms with Gasteiger partial charge < -0.3 is 14.5 Å². The Labute approximate surface area is 159 Å². The van der Waals surface area contributed by atoms with Gasteiger partial charge in [0.25, 0.3) is 5.91 Å². The second kappa shape index (κ2) is 8.08. The van der Waals surface area contributed by atoms with Crippen LogP contribution in [0.3, 0.4) is 0 Å². The first-order valence-corrected chi connectivity index (χ1v) is 8.98. The highest BCUT2D eigenvalue weighted by molar-refractivity contribution is 6.01. The second-order valence-corrected chi connectivity index (χ2v) is 6.61. The first-order chi connectivity index (χ1) is 13.0. The predicted molar refractivity (Wildman–Crippen MR) is 106 cm³/mol. The molecule has 0 radical (unpaired) electrons. The Morgan fingerprint density at radius 3 is 2.56 bits per heavy atom. The number of rotatable bonds is 4. The first kappa shape index (κ1) is 18.7. The number of carbonyl (C=O) groups is 2. The molecule has 1 heterocycles. The molecule has 5 nitrogen and oxygen atoms in total. The minimum atomic E-state index is -0.186. The number of fused-ring (bicyclic) bond motifs is 1. The Kier molecular flexibility index (Phi) is 5.60. The lowest BCUT2D eigenvalue weighted by Gasteiger charge is -2.22. The van der Waals surface area contributed by atoms with Crippen LogP contribution in [0.1, 0.15) is 27.9 Å². The zero-order chi connectivity index (χ0) is 19.4. The molecular weight excluding hydrogens is 340 g/mol. The number of methoxy groups -OCH3 is 1. The van der Waals surface area contributed by atoms with E-state index in [2.05, 4.69) is 12.6 Å². The van der Waals surface area contributed by atoms with Crippen LogP contribution in [-0.4, -0.2) is 37.4 Å². The van der Waals surface area contributed by atoms with Crippen molar-refractivity contribution in [3.05, 3.63) is 71.8 Å². The Bertz CT molecular complexity index is 858. The number of amides is 2. The Morgan fingerprint density at radius 1 is 1.15 bits per heavy atom. The zero-order valence-electron chi connectivity index (χ0n) is 15.8. The molecule has 2 aromatic carbocycles. The average Bonchev–Trinajstić information content (AvgIpc) is 2.93. The normalized spacial score (nSPS) is 13.3. The van der Waals surface area contributed by atoms with Gasteiger partial charge in [-0.05, 0) is 66.4 Å². The summed E-state index contributed by atoms with van der Waals surface area (Å²) in [5.41, 5.74) is 3.75. The van der Waals surface area contributed by atoms with E-state index in [1.54, 1.807) is 38.4 Å². The summed E-state index contributed by atoms with van der Waals surface area (Å²) < 4.78 is 5.31. The standard InChI is InChI=1S/C22H24N2O3/c1-4-21(25)23(2)19-10-7-16(8-11-19)22(26)24-13-5-6-17-14-20(27-3)12-9-18(17)15-24/h4,7-12,14H,1,5-6,13,15H2,2-3H3. The lowest BCUT2D eigenvalue weighted by Crippen LogP contribution is -2.30. The van der Waals surface area contributed by atoms with Gasteiger partial charge in [0, 0.05) is 31.4 Å². The molecule has 2 aromatic rings. The summed E-state index contributed by atoms with van der Waals surface area (Å²) in [6.45, 7) is 4.80. The van der Waals surface area contributed by atoms with Gasteiger partial charge in [-0.3, -0.25) is 9.59 Å². The fourth-order valence-corrected chi connectivity index (χ4v) is 3.31. The van der Waals surface area contributed by atoms with Crippen LogP contribution in [0.2, 0.25) is 0 Å². The largest absolute Gasteiger partial charge is 0.497 e. The van der Waals surface area contributed by atoms with E-state index in [0.717, 1.165) is 29.8 Å².